The number of hydrogen-bond acceptors (Lipinski definition) is 4. The van der Waals surface area contributed by atoms with Gasteiger partial charge in [0.05, 0.1) is 12.7 Å². The maximum Gasteiger partial charge on any atom is 0.268 e. The van der Waals surface area contributed by atoms with Gasteiger partial charge < -0.3 is 20.1 Å². The largest absolute Gasteiger partial charge is 0.494 e. The molecule has 0 aliphatic carbocycles. The van der Waals surface area contributed by atoms with E-state index in [-0.39, 0.29) is 24.3 Å². The number of carbonyl (C=O) groups excluding carboxylic acids is 2. The van der Waals surface area contributed by atoms with Gasteiger partial charge in [-0.2, -0.15) is 0 Å². The third kappa shape index (κ3) is 8.30. The first kappa shape index (κ1) is 24.7. The number of ether oxygens (including phenoxy) is 2. The summed E-state index contributed by atoms with van der Waals surface area (Å²) in [5.41, 5.74) is 1.32. The van der Waals surface area contributed by atoms with Gasteiger partial charge in [-0.3, -0.25) is 9.59 Å². The van der Waals surface area contributed by atoms with Crippen molar-refractivity contribution in [2.24, 2.45) is 0 Å². The molecule has 6 heteroatoms. The average molecular weight is 437 g/mol. The molecule has 0 atom stereocenters. The Morgan fingerprint density at radius 2 is 1.69 bits per heavy atom. The Balaban J connectivity index is 2.15. The van der Waals surface area contributed by atoms with Crippen molar-refractivity contribution < 1.29 is 19.1 Å². The molecule has 0 fully saturated rings. The van der Waals surface area contributed by atoms with Crippen molar-refractivity contribution in [1.82, 2.24) is 10.6 Å². The molecule has 0 heterocycles. The average Bonchev–Trinajstić information content (AvgIpc) is 2.78. The Labute approximate surface area is 190 Å². The highest BCUT2D eigenvalue weighted by molar-refractivity contribution is 6.05. The second-order valence-corrected chi connectivity index (χ2v) is 7.47. The minimum atomic E-state index is -0.403. The smallest absolute Gasteiger partial charge is 0.268 e. The number of rotatable bonds is 12. The highest BCUT2D eigenvalue weighted by Crippen LogP contribution is 2.17. The van der Waals surface area contributed by atoms with E-state index in [1.54, 1.807) is 36.4 Å². The van der Waals surface area contributed by atoms with Gasteiger partial charge >= 0.3 is 0 Å². The minimum Gasteiger partial charge on any atom is -0.494 e. The highest BCUT2D eigenvalue weighted by atomic mass is 16.5. The summed E-state index contributed by atoms with van der Waals surface area (Å²) in [5, 5.41) is 5.41. The lowest BCUT2D eigenvalue weighted by Crippen LogP contribution is -2.34. The van der Waals surface area contributed by atoms with Crippen LogP contribution in [0, 0.1) is 0 Å². The van der Waals surface area contributed by atoms with Gasteiger partial charge in [-0.25, -0.2) is 0 Å². The molecule has 0 aliphatic heterocycles. The molecule has 0 bridgehead atoms. The zero-order chi connectivity index (χ0) is 23.3. The summed E-state index contributed by atoms with van der Waals surface area (Å²) in [7, 11) is 0. The Morgan fingerprint density at radius 1 is 1.03 bits per heavy atom. The topological polar surface area (TPSA) is 76.7 Å². The third-order valence-electron chi connectivity index (χ3n) is 4.35. The van der Waals surface area contributed by atoms with Crippen LogP contribution in [0.5, 0.6) is 11.5 Å². The Morgan fingerprint density at radius 3 is 2.28 bits per heavy atom. The van der Waals surface area contributed by atoms with Crippen LogP contribution in [0.4, 0.5) is 0 Å². The summed E-state index contributed by atoms with van der Waals surface area (Å²) in [6.45, 7) is 10.5. The molecule has 0 aliphatic rings. The maximum absolute atomic E-state index is 12.8. The van der Waals surface area contributed by atoms with Gasteiger partial charge in [0.1, 0.15) is 17.2 Å². The molecule has 170 valence electrons. The monoisotopic (exact) mass is 436 g/mol. The first-order valence-electron chi connectivity index (χ1n) is 10.8. The van der Waals surface area contributed by atoms with E-state index in [1.165, 1.54) is 0 Å². The van der Waals surface area contributed by atoms with Gasteiger partial charge in [0.25, 0.3) is 11.8 Å². The van der Waals surface area contributed by atoms with Crippen LogP contribution in [0.1, 0.15) is 49.5 Å². The molecule has 2 rings (SSSR count). The van der Waals surface area contributed by atoms with Gasteiger partial charge in [-0.1, -0.05) is 31.6 Å². The van der Waals surface area contributed by atoms with Crippen molar-refractivity contribution in [3.05, 3.63) is 78.0 Å². The Bertz CT molecular complexity index is 916. The Hall–Kier alpha value is -3.54. The lowest BCUT2D eigenvalue weighted by atomic mass is 10.1. The first-order chi connectivity index (χ1) is 15.4. The predicted octanol–water partition coefficient (Wildman–Crippen LogP) is 4.73. The summed E-state index contributed by atoms with van der Waals surface area (Å²) < 4.78 is 11.3. The number of carbonyl (C=O) groups is 2. The fourth-order valence-electron chi connectivity index (χ4n) is 2.73. The molecular formula is C26H32N2O4. The van der Waals surface area contributed by atoms with Crippen LogP contribution in [0.15, 0.2) is 66.9 Å². The zero-order valence-corrected chi connectivity index (χ0v) is 19.0. The number of benzene rings is 2. The molecule has 2 amide bonds. The lowest BCUT2D eigenvalue weighted by Gasteiger charge is -2.12. The number of nitrogens with one attached hydrogen (secondary N) is 2. The fourth-order valence-corrected chi connectivity index (χ4v) is 2.73. The molecule has 2 aromatic carbocycles. The molecular weight excluding hydrogens is 404 g/mol. The predicted molar refractivity (Wildman–Crippen MR) is 128 cm³/mol. The summed E-state index contributed by atoms with van der Waals surface area (Å²) in [6, 6.07) is 14.1. The van der Waals surface area contributed by atoms with E-state index in [1.807, 2.05) is 38.1 Å². The number of unbranched alkanes of at least 4 members (excludes halogenated alkanes) is 1. The van der Waals surface area contributed by atoms with Crippen molar-refractivity contribution in [2.75, 3.05) is 13.2 Å². The van der Waals surface area contributed by atoms with Gasteiger partial charge in [0, 0.05) is 12.1 Å². The van der Waals surface area contributed by atoms with Crippen molar-refractivity contribution in [2.45, 2.75) is 39.7 Å². The molecule has 0 unspecified atom stereocenters. The lowest BCUT2D eigenvalue weighted by molar-refractivity contribution is -0.117. The molecule has 0 saturated heterocycles. The SMILES string of the molecule is C=CCNC(=O)/C(=C\c1ccc(OC(C)C)cc1)NC(=O)c1ccc(OCCCC)cc1. The van der Waals surface area contributed by atoms with Crippen LogP contribution < -0.4 is 20.1 Å². The van der Waals surface area contributed by atoms with E-state index >= 15 is 0 Å². The van der Waals surface area contributed by atoms with Crippen LogP contribution in [-0.4, -0.2) is 31.1 Å². The van der Waals surface area contributed by atoms with Crippen LogP contribution in [0.3, 0.4) is 0 Å². The zero-order valence-electron chi connectivity index (χ0n) is 19.0. The minimum absolute atomic E-state index is 0.0688. The van der Waals surface area contributed by atoms with E-state index in [0.29, 0.717) is 17.9 Å². The quantitative estimate of drug-likeness (QED) is 0.287. The second kappa shape index (κ2) is 13.0. The van der Waals surface area contributed by atoms with E-state index in [9.17, 15) is 9.59 Å². The maximum atomic E-state index is 12.8. The third-order valence-corrected chi connectivity index (χ3v) is 4.35. The summed E-state index contributed by atoms with van der Waals surface area (Å²) >= 11 is 0. The molecule has 0 radical (unpaired) electrons. The van der Waals surface area contributed by atoms with Crippen molar-refractivity contribution in [1.29, 1.82) is 0 Å². The second-order valence-electron chi connectivity index (χ2n) is 7.47. The van der Waals surface area contributed by atoms with E-state index in [0.717, 1.165) is 24.2 Å². The van der Waals surface area contributed by atoms with E-state index < -0.39 is 5.91 Å². The first-order valence-corrected chi connectivity index (χ1v) is 10.8. The van der Waals surface area contributed by atoms with Gasteiger partial charge in [0.2, 0.25) is 0 Å². The van der Waals surface area contributed by atoms with Crippen LogP contribution >= 0.6 is 0 Å². The molecule has 2 N–H and O–H groups in total. The normalized spacial score (nSPS) is 11.1. The summed E-state index contributed by atoms with van der Waals surface area (Å²) in [6.07, 6.45) is 5.29. The van der Waals surface area contributed by atoms with Gasteiger partial charge in [-0.15, -0.1) is 6.58 Å². The molecule has 0 saturated carbocycles. The van der Waals surface area contributed by atoms with Crippen molar-refractivity contribution in [3.8, 4) is 11.5 Å². The summed E-state index contributed by atoms with van der Waals surface area (Å²) in [4.78, 5) is 25.4. The van der Waals surface area contributed by atoms with Gasteiger partial charge in [-0.05, 0) is 68.3 Å². The van der Waals surface area contributed by atoms with Crippen molar-refractivity contribution >= 4 is 17.9 Å². The Kier molecular flexibility index (Phi) is 10.0. The highest BCUT2D eigenvalue weighted by Gasteiger charge is 2.14. The summed E-state index contributed by atoms with van der Waals surface area (Å²) in [5.74, 6) is 0.656. The number of hydrogen-bond donors (Lipinski definition) is 2. The fraction of sp³-hybridized carbons (Fsp3) is 0.308. The van der Waals surface area contributed by atoms with Crippen LogP contribution in [0.2, 0.25) is 0 Å². The molecule has 6 nitrogen and oxygen atoms in total. The molecule has 2 aromatic rings. The number of amides is 2. The van der Waals surface area contributed by atoms with Crippen LogP contribution in [0.25, 0.3) is 6.08 Å². The van der Waals surface area contributed by atoms with Crippen molar-refractivity contribution in [3.63, 3.8) is 0 Å². The van der Waals surface area contributed by atoms with E-state index in [4.69, 9.17) is 9.47 Å². The standard InChI is InChI=1S/C26H32N2O4/c1-5-7-17-31-22-14-10-21(11-15-22)25(29)28-24(26(30)27-16-6-2)18-20-8-12-23(13-9-20)32-19(3)4/h6,8-15,18-19H,2,5,7,16-17H2,1,3-4H3,(H,27,30)(H,28,29)/b24-18+. The van der Waals surface area contributed by atoms with Crippen LogP contribution in [-0.2, 0) is 4.79 Å². The molecule has 0 aromatic heterocycles. The molecule has 32 heavy (non-hydrogen) atoms. The molecule has 0 spiro atoms. The van der Waals surface area contributed by atoms with Gasteiger partial charge in [0.15, 0.2) is 0 Å². The van der Waals surface area contributed by atoms with E-state index in [2.05, 4.69) is 24.1 Å².